The van der Waals surface area contributed by atoms with Crippen LogP contribution in [-0.4, -0.2) is 26.7 Å². The van der Waals surface area contributed by atoms with E-state index < -0.39 is 5.82 Å². The van der Waals surface area contributed by atoms with Gasteiger partial charge in [-0.15, -0.1) is 10.2 Å². The Morgan fingerprint density at radius 2 is 1.86 bits per heavy atom. The van der Waals surface area contributed by atoms with Gasteiger partial charge in [0, 0.05) is 28.6 Å². The van der Waals surface area contributed by atoms with Gasteiger partial charge in [0.05, 0.1) is 12.8 Å². The van der Waals surface area contributed by atoms with Gasteiger partial charge in [-0.25, -0.2) is 8.78 Å². The van der Waals surface area contributed by atoms with E-state index in [0.29, 0.717) is 28.2 Å². The lowest BCUT2D eigenvalue weighted by atomic mass is 10.0. The number of pyridine rings is 2. The first-order valence-electron chi connectivity index (χ1n) is 9.25. The number of fused-ring (bicyclic) bond motifs is 1. The zero-order chi connectivity index (χ0) is 20.5. The average molecular weight is 394 g/mol. The predicted octanol–water partition coefficient (Wildman–Crippen LogP) is 4.48. The van der Waals surface area contributed by atoms with Crippen molar-refractivity contribution in [2.24, 2.45) is 0 Å². The number of hydrogen-bond acceptors (Lipinski definition) is 4. The Kier molecular flexibility index (Phi) is 4.96. The first kappa shape index (κ1) is 19.0. The van der Waals surface area contributed by atoms with E-state index >= 15 is 4.39 Å². The number of aromatic nitrogens is 4. The van der Waals surface area contributed by atoms with Crippen LogP contribution in [0.1, 0.15) is 22.5 Å². The van der Waals surface area contributed by atoms with Crippen molar-refractivity contribution in [3.8, 4) is 16.9 Å². The molecule has 0 N–H and O–H groups in total. The van der Waals surface area contributed by atoms with Gasteiger partial charge in [0.15, 0.2) is 5.65 Å². The SMILES string of the molecule is COc1cc(C)cc(F)c1CCc1c(F)cc(-c2cccnc2C)c2nncn12. The monoisotopic (exact) mass is 394 g/mol. The van der Waals surface area contributed by atoms with Crippen molar-refractivity contribution < 1.29 is 13.5 Å². The molecule has 4 aromatic rings. The second-order valence-electron chi connectivity index (χ2n) is 6.94. The molecule has 0 atom stereocenters. The summed E-state index contributed by atoms with van der Waals surface area (Å²) in [6.45, 7) is 3.66. The van der Waals surface area contributed by atoms with Crippen molar-refractivity contribution in [2.75, 3.05) is 7.11 Å². The highest BCUT2D eigenvalue weighted by Crippen LogP contribution is 2.30. The van der Waals surface area contributed by atoms with E-state index in [1.54, 1.807) is 29.7 Å². The summed E-state index contributed by atoms with van der Waals surface area (Å²) >= 11 is 0. The first-order chi connectivity index (χ1) is 14.0. The lowest BCUT2D eigenvalue weighted by molar-refractivity contribution is 0.403. The molecule has 0 aliphatic rings. The summed E-state index contributed by atoms with van der Waals surface area (Å²) in [6.07, 6.45) is 3.72. The molecule has 5 nitrogen and oxygen atoms in total. The van der Waals surface area contributed by atoms with Crippen LogP contribution in [0.2, 0.25) is 0 Å². The van der Waals surface area contributed by atoms with Crippen molar-refractivity contribution >= 4 is 5.65 Å². The maximum atomic E-state index is 15.1. The van der Waals surface area contributed by atoms with Gasteiger partial charge >= 0.3 is 0 Å². The number of hydrogen-bond donors (Lipinski definition) is 0. The molecule has 4 rings (SSSR count). The predicted molar refractivity (Wildman–Crippen MR) is 106 cm³/mol. The van der Waals surface area contributed by atoms with E-state index in [-0.39, 0.29) is 18.7 Å². The molecule has 0 unspecified atom stereocenters. The van der Waals surface area contributed by atoms with Crippen molar-refractivity contribution in [3.05, 3.63) is 77.0 Å². The fourth-order valence-electron chi connectivity index (χ4n) is 3.62. The van der Waals surface area contributed by atoms with Crippen LogP contribution in [0.3, 0.4) is 0 Å². The molecular weight excluding hydrogens is 374 g/mol. The Morgan fingerprint density at radius 3 is 2.62 bits per heavy atom. The molecule has 0 aliphatic heterocycles. The van der Waals surface area contributed by atoms with Crippen LogP contribution in [0, 0.1) is 25.5 Å². The minimum Gasteiger partial charge on any atom is -0.496 e. The van der Waals surface area contributed by atoms with Crippen molar-refractivity contribution in [2.45, 2.75) is 26.7 Å². The molecule has 0 saturated heterocycles. The lowest BCUT2D eigenvalue weighted by Gasteiger charge is -2.14. The quantitative estimate of drug-likeness (QED) is 0.501. The largest absolute Gasteiger partial charge is 0.496 e. The fourth-order valence-corrected chi connectivity index (χ4v) is 3.62. The molecule has 0 radical (unpaired) electrons. The number of ether oxygens (including phenoxy) is 1. The molecule has 29 heavy (non-hydrogen) atoms. The molecule has 148 valence electrons. The highest BCUT2D eigenvalue weighted by atomic mass is 19.1. The number of rotatable bonds is 5. The van der Waals surface area contributed by atoms with Gasteiger partial charge in [-0.2, -0.15) is 0 Å². The Bertz CT molecular complexity index is 1200. The van der Waals surface area contributed by atoms with Gasteiger partial charge in [-0.1, -0.05) is 6.07 Å². The summed E-state index contributed by atoms with van der Waals surface area (Å²) in [7, 11) is 1.50. The normalized spacial score (nSPS) is 11.2. The van der Waals surface area contributed by atoms with Crippen molar-refractivity contribution in [1.82, 2.24) is 19.6 Å². The van der Waals surface area contributed by atoms with Crippen molar-refractivity contribution in [3.63, 3.8) is 0 Å². The standard InChI is InChI=1S/C22H20F2N4O/c1-13-9-18(23)16(21(10-13)29-3)6-7-20-19(24)11-17(22-27-26-12-28(20)22)15-5-4-8-25-14(15)2/h4-5,8-12H,6-7H2,1-3H3. The molecule has 0 amide bonds. The first-order valence-corrected chi connectivity index (χ1v) is 9.25. The fraction of sp³-hybridized carbons (Fsp3) is 0.227. The lowest BCUT2D eigenvalue weighted by Crippen LogP contribution is -2.07. The molecule has 0 saturated carbocycles. The number of nitrogens with zero attached hydrogens (tertiary/aromatic N) is 4. The van der Waals surface area contributed by atoms with E-state index in [1.165, 1.54) is 25.6 Å². The average Bonchev–Trinajstić information content (AvgIpc) is 3.18. The van der Waals surface area contributed by atoms with Gasteiger partial charge in [-0.3, -0.25) is 9.38 Å². The smallest absolute Gasteiger partial charge is 0.168 e. The minimum absolute atomic E-state index is 0.267. The zero-order valence-electron chi connectivity index (χ0n) is 16.4. The van der Waals surface area contributed by atoms with Crippen LogP contribution >= 0.6 is 0 Å². The van der Waals surface area contributed by atoms with Gasteiger partial charge in [0.2, 0.25) is 0 Å². The van der Waals surface area contributed by atoms with E-state index in [0.717, 1.165) is 16.8 Å². The van der Waals surface area contributed by atoms with Crippen LogP contribution in [0.5, 0.6) is 5.75 Å². The molecule has 3 aromatic heterocycles. The van der Waals surface area contributed by atoms with Gasteiger partial charge < -0.3 is 4.74 Å². The second kappa shape index (κ2) is 7.58. The maximum absolute atomic E-state index is 15.1. The van der Waals surface area contributed by atoms with E-state index in [4.69, 9.17) is 4.74 Å². The molecule has 3 heterocycles. The van der Waals surface area contributed by atoms with E-state index in [1.807, 2.05) is 13.0 Å². The summed E-state index contributed by atoms with van der Waals surface area (Å²) in [5, 5.41) is 8.14. The molecule has 0 bridgehead atoms. The van der Waals surface area contributed by atoms with Crippen molar-refractivity contribution in [1.29, 1.82) is 0 Å². The topological polar surface area (TPSA) is 52.3 Å². The minimum atomic E-state index is -0.401. The molecule has 0 spiro atoms. The second-order valence-corrected chi connectivity index (χ2v) is 6.94. The third-order valence-corrected chi connectivity index (χ3v) is 5.05. The van der Waals surface area contributed by atoms with Crippen LogP contribution in [0.15, 0.2) is 42.9 Å². The van der Waals surface area contributed by atoms with Crippen LogP contribution in [-0.2, 0) is 12.8 Å². The summed E-state index contributed by atoms with van der Waals surface area (Å²) in [5.74, 6) is -0.294. The van der Waals surface area contributed by atoms with E-state index in [9.17, 15) is 4.39 Å². The molecule has 0 fully saturated rings. The number of methoxy groups -OCH3 is 1. The summed E-state index contributed by atoms with van der Waals surface area (Å²) in [6, 6.07) is 8.35. The molecular formula is C22H20F2N4O. The van der Waals surface area contributed by atoms with Crippen LogP contribution in [0.4, 0.5) is 8.78 Å². The van der Waals surface area contributed by atoms with Gasteiger partial charge in [0.1, 0.15) is 23.7 Å². The molecule has 1 aromatic carbocycles. The Hall–Kier alpha value is -3.35. The number of halogens is 2. The Balaban J connectivity index is 1.76. The third-order valence-electron chi connectivity index (χ3n) is 5.05. The Morgan fingerprint density at radius 1 is 1.03 bits per heavy atom. The highest BCUT2D eigenvalue weighted by Gasteiger charge is 2.18. The maximum Gasteiger partial charge on any atom is 0.168 e. The van der Waals surface area contributed by atoms with Gasteiger partial charge in [0.25, 0.3) is 0 Å². The van der Waals surface area contributed by atoms with Crippen LogP contribution < -0.4 is 4.74 Å². The number of benzene rings is 1. The van der Waals surface area contributed by atoms with Crippen LogP contribution in [0.25, 0.3) is 16.8 Å². The highest BCUT2D eigenvalue weighted by molar-refractivity contribution is 5.78. The Labute approximate surface area is 167 Å². The summed E-state index contributed by atoms with van der Waals surface area (Å²) in [5.41, 5.74) is 4.30. The number of aryl methyl sites for hydroxylation is 3. The molecule has 7 heteroatoms. The van der Waals surface area contributed by atoms with Gasteiger partial charge in [-0.05, 0) is 56.5 Å². The third kappa shape index (κ3) is 3.44. The van der Waals surface area contributed by atoms with E-state index in [2.05, 4.69) is 15.2 Å². The molecule has 0 aliphatic carbocycles. The zero-order valence-corrected chi connectivity index (χ0v) is 16.4. The summed E-state index contributed by atoms with van der Waals surface area (Å²) in [4.78, 5) is 4.28. The summed E-state index contributed by atoms with van der Waals surface area (Å²) < 4.78 is 36.5.